The minimum Gasteiger partial charge on any atom is -0.358 e. The number of rotatable bonds is 7. The van der Waals surface area contributed by atoms with Crippen LogP contribution < -0.4 is 0 Å². The molecule has 22 heavy (non-hydrogen) atoms. The van der Waals surface area contributed by atoms with Crippen LogP contribution in [0.2, 0.25) is 0 Å². The van der Waals surface area contributed by atoms with Crippen molar-refractivity contribution in [3.05, 3.63) is 22.1 Å². The highest BCUT2D eigenvalue weighted by Gasteiger charge is 2.56. The molecule has 0 saturated heterocycles. The number of nitro groups is 1. The van der Waals surface area contributed by atoms with Crippen molar-refractivity contribution in [3.8, 4) is 0 Å². The van der Waals surface area contributed by atoms with E-state index in [4.69, 9.17) is 0 Å². The molecule has 0 unspecified atom stereocenters. The van der Waals surface area contributed by atoms with Crippen LogP contribution in [-0.4, -0.2) is 32.4 Å². The Kier molecular flexibility index (Phi) is 5.20. The number of aromatic nitrogens is 2. The summed E-state index contributed by atoms with van der Waals surface area (Å²) in [6, 6.07) is 0. The van der Waals surface area contributed by atoms with Crippen LogP contribution in [-0.2, 0) is 17.8 Å². The fourth-order valence-corrected chi connectivity index (χ4v) is 1.70. The van der Waals surface area contributed by atoms with E-state index in [-0.39, 0.29) is 12.1 Å². The summed E-state index contributed by atoms with van der Waals surface area (Å²) < 4.78 is 62.1. The molecule has 1 aromatic rings. The summed E-state index contributed by atoms with van der Waals surface area (Å²) in [6.45, 7) is 0.905. The molecule has 0 aliphatic heterocycles. The molecule has 1 heterocycles. The predicted molar refractivity (Wildman–Crippen MR) is 63.5 cm³/mol. The molecule has 1 rings (SSSR count). The number of Topliss-reactive ketones (excluding diaryl/α,β-unsaturated/α-hetero) is 1. The van der Waals surface area contributed by atoms with E-state index in [1.165, 1.54) is 0 Å². The molecule has 0 aliphatic rings. The van der Waals surface area contributed by atoms with E-state index < -0.39 is 48.0 Å². The van der Waals surface area contributed by atoms with Gasteiger partial charge in [-0.1, -0.05) is 6.92 Å². The summed E-state index contributed by atoms with van der Waals surface area (Å²) in [5.74, 6) is -6.43. The van der Waals surface area contributed by atoms with Gasteiger partial charge in [-0.15, -0.1) is 0 Å². The summed E-state index contributed by atoms with van der Waals surface area (Å²) in [6.07, 6.45) is -7.29. The molecule has 124 valence electrons. The van der Waals surface area contributed by atoms with Crippen molar-refractivity contribution in [2.45, 2.75) is 44.8 Å². The lowest BCUT2D eigenvalue weighted by atomic mass is 10.1. The van der Waals surface area contributed by atoms with Crippen LogP contribution in [0.4, 0.5) is 27.8 Å². The van der Waals surface area contributed by atoms with Crippen LogP contribution in [0.1, 0.15) is 25.5 Å². The SMILES string of the molecule is CCc1ncn(CC(=O)CCC(F)(F)C(F)(F)F)c1[N+](=O)[O-]. The topological polar surface area (TPSA) is 78.0 Å². The number of imidazole rings is 1. The van der Waals surface area contributed by atoms with Crippen molar-refractivity contribution in [1.29, 1.82) is 0 Å². The van der Waals surface area contributed by atoms with Gasteiger partial charge < -0.3 is 10.1 Å². The van der Waals surface area contributed by atoms with Gasteiger partial charge in [0.15, 0.2) is 18.7 Å². The summed E-state index contributed by atoms with van der Waals surface area (Å²) >= 11 is 0. The Balaban J connectivity index is 2.75. The van der Waals surface area contributed by atoms with E-state index in [9.17, 15) is 36.9 Å². The highest BCUT2D eigenvalue weighted by molar-refractivity contribution is 5.78. The van der Waals surface area contributed by atoms with Crippen molar-refractivity contribution in [2.75, 3.05) is 0 Å². The maximum absolute atomic E-state index is 12.7. The zero-order valence-electron chi connectivity index (χ0n) is 11.4. The van der Waals surface area contributed by atoms with Gasteiger partial charge in [0.25, 0.3) is 0 Å². The lowest BCUT2D eigenvalue weighted by Gasteiger charge is -2.18. The van der Waals surface area contributed by atoms with E-state index in [1.54, 1.807) is 6.92 Å². The van der Waals surface area contributed by atoms with Crippen molar-refractivity contribution in [3.63, 3.8) is 0 Å². The van der Waals surface area contributed by atoms with E-state index in [0.29, 0.717) is 0 Å². The average molecular weight is 329 g/mol. The number of aryl methyl sites for hydroxylation is 1. The highest BCUT2D eigenvalue weighted by atomic mass is 19.4. The first kappa shape index (κ1) is 18.0. The number of carbonyl (C=O) groups is 1. The highest BCUT2D eigenvalue weighted by Crippen LogP contribution is 2.38. The second-order valence-corrected chi connectivity index (χ2v) is 4.49. The fraction of sp³-hybridized carbons (Fsp3) is 0.636. The quantitative estimate of drug-likeness (QED) is 0.438. The fourth-order valence-electron chi connectivity index (χ4n) is 1.70. The second kappa shape index (κ2) is 6.36. The van der Waals surface area contributed by atoms with Gasteiger partial charge in [-0.3, -0.25) is 4.79 Å². The van der Waals surface area contributed by atoms with E-state index >= 15 is 0 Å². The van der Waals surface area contributed by atoms with E-state index in [0.717, 1.165) is 10.9 Å². The van der Waals surface area contributed by atoms with E-state index in [1.807, 2.05) is 0 Å². The van der Waals surface area contributed by atoms with Gasteiger partial charge in [0.2, 0.25) is 0 Å². The van der Waals surface area contributed by atoms with Gasteiger partial charge in [-0.05, 0) is 11.3 Å². The monoisotopic (exact) mass is 329 g/mol. The average Bonchev–Trinajstić information content (AvgIpc) is 2.78. The van der Waals surface area contributed by atoms with Crippen LogP contribution in [0.3, 0.4) is 0 Å². The standard InChI is InChI=1S/C11H12F5N3O3/c1-2-8-9(19(21)22)18(6-17-8)5-7(20)3-4-10(12,13)11(14,15)16/h6H,2-5H2,1H3. The van der Waals surface area contributed by atoms with Gasteiger partial charge in [0.05, 0.1) is 0 Å². The zero-order chi connectivity index (χ0) is 17.1. The van der Waals surface area contributed by atoms with Crippen LogP contribution in [0.15, 0.2) is 6.33 Å². The van der Waals surface area contributed by atoms with Crippen LogP contribution >= 0.6 is 0 Å². The van der Waals surface area contributed by atoms with E-state index in [2.05, 4.69) is 4.98 Å². The molecule has 11 heteroatoms. The van der Waals surface area contributed by atoms with Crippen molar-refractivity contribution >= 4 is 11.6 Å². The first-order valence-corrected chi connectivity index (χ1v) is 6.14. The third-order valence-electron chi connectivity index (χ3n) is 2.87. The van der Waals surface area contributed by atoms with Gasteiger partial charge >= 0.3 is 17.9 Å². The van der Waals surface area contributed by atoms with Gasteiger partial charge in [-0.25, -0.2) is 9.55 Å². The first-order chi connectivity index (χ1) is 9.99. The summed E-state index contributed by atoms with van der Waals surface area (Å²) in [4.78, 5) is 25.3. The smallest absolute Gasteiger partial charge is 0.358 e. The number of halogens is 5. The van der Waals surface area contributed by atoms with Gasteiger partial charge in [0, 0.05) is 12.8 Å². The molecule has 0 spiro atoms. The molecular weight excluding hydrogens is 317 g/mol. The number of hydrogen-bond donors (Lipinski definition) is 0. The minimum atomic E-state index is -5.73. The molecule has 0 saturated carbocycles. The number of carbonyl (C=O) groups excluding carboxylic acids is 1. The third-order valence-corrected chi connectivity index (χ3v) is 2.87. The normalized spacial score (nSPS) is 12.5. The Hall–Kier alpha value is -2.07. The maximum atomic E-state index is 12.7. The molecule has 0 aliphatic carbocycles. The molecule has 0 aromatic carbocycles. The maximum Gasteiger partial charge on any atom is 0.453 e. The molecule has 0 amide bonds. The zero-order valence-corrected chi connectivity index (χ0v) is 11.4. The Labute approximate surface area is 121 Å². The lowest BCUT2D eigenvalue weighted by molar-refractivity contribution is -0.392. The molecule has 0 fully saturated rings. The Bertz CT molecular complexity index is 568. The molecule has 0 N–H and O–H groups in total. The molecular formula is C11H12F5N3O3. The van der Waals surface area contributed by atoms with Gasteiger partial charge in [0.1, 0.15) is 5.69 Å². The summed E-state index contributed by atoms with van der Waals surface area (Å²) in [5.41, 5.74) is 0.0958. The number of alkyl halides is 5. The Morgan fingerprint density at radius 3 is 2.41 bits per heavy atom. The summed E-state index contributed by atoms with van der Waals surface area (Å²) in [5, 5.41) is 10.9. The largest absolute Gasteiger partial charge is 0.453 e. The van der Waals surface area contributed by atoms with Crippen LogP contribution in [0.5, 0.6) is 0 Å². The number of ketones is 1. The van der Waals surface area contributed by atoms with Crippen molar-refractivity contribution in [2.24, 2.45) is 0 Å². The van der Waals surface area contributed by atoms with Crippen molar-refractivity contribution < 1.29 is 31.7 Å². The molecule has 6 nitrogen and oxygen atoms in total. The van der Waals surface area contributed by atoms with Crippen molar-refractivity contribution in [1.82, 2.24) is 9.55 Å². The molecule has 0 radical (unpaired) electrons. The van der Waals surface area contributed by atoms with Crippen LogP contribution in [0, 0.1) is 10.1 Å². The summed E-state index contributed by atoms with van der Waals surface area (Å²) in [7, 11) is 0. The number of nitrogens with zero attached hydrogens (tertiary/aromatic N) is 3. The third kappa shape index (κ3) is 3.98. The molecule has 0 bridgehead atoms. The number of hydrogen-bond acceptors (Lipinski definition) is 4. The second-order valence-electron chi connectivity index (χ2n) is 4.49. The van der Waals surface area contributed by atoms with Gasteiger partial charge in [-0.2, -0.15) is 22.0 Å². The lowest BCUT2D eigenvalue weighted by Crippen LogP contribution is -2.36. The first-order valence-electron chi connectivity index (χ1n) is 6.14. The van der Waals surface area contributed by atoms with Crippen LogP contribution in [0.25, 0.3) is 0 Å². The predicted octanol–water partition coefficient (Wildman–Crippen LogP) is 2.90. The molecule has 1 aromatic heterocycles. The Morgan fingerprint density at radius 2 is 1.95 bits per heavy atom. The minimum absolute atomic E-state index is 0.0958. The molecule has 0 atom stereocenters. The Morgan fingerprint density at radius 1 is 1.36 bits per heavy atom.